The molecule has 60 heavy (non-hydrogen) atoms. The molecule has 1 aliphatic rings. The van der Waals surface area contributed by atoms with Crippen molar-refractivity contribution >= 4 is 60.9 Å². The summed E-state index contributed by atoms with van der Waals surface area (Å²) >= 11 is 0. The maximum absolute atomic E-state index is 6.45. The Labute approximate surface area is 348 Å². The van der Waals surface area contributed by atoms with Crippen molar-refractivity contribution in [3.63, 3.8) is 0 Å². The molecule has 12 rings (SSSR count). The van der Waals surface area contributed by atoms with Crippen LogP contribution in [0.5, 0.6) is 0 Å². The second-order valence-electron chi connectivity index (χ2n) is 16.5. The summed E-state index contributed by atoms with van der Waals surface area (Å²) in [6.07, 6.45) is 0. The summed E-state index contributed by atoms with van der Waals surface area (Å²) < 4.78 is 12.6. The van der Waals surface area contributed by atoms with E-state index in [4.69, 9.17) is 8.83 Å². The van der Waals surface area contributed by atoms with Gasteiger partial charge in [-0.25, -0.2) is 0 Å². The third-order valence-corrected chi connectivity index (χ3v) is 12.7. The zero-order chi connectivity index (χ0) is 40.0. The van der Waals surface area contributed by atoms with Crippen LogP contribution in [0.25, 0.3) is 88.4 Å². The molecule has 11 aromatic rings. The maximum Gasteiger partial charge on any atom is 0.143 e. The minimum absolute atomic E-state index is 0.188. The van der Waals surface area contributed by atoms with Gasteiger partial charge in [-0.3, -0.25) is 0 Å². The number of para-hydroxylation sites is 3. The molecule has 0 saturated heterocycles. The summed E-state index contributed by atoms with van der Waals surface area (Å²) in [5.74, 6) is 0. The number of rotatable bonds is 6. The zero-order valence-corrected chi connectivity index (χ0v) is 33.3. The number of benzene rings is 9. The topological polar surface area (TPSA) is 29.5 Å². The third kappa shape index (κ3) is 5.36. The number of hydrogen-bond acceptors (Lipinski definition) is 3. The monoisotopic (exact) mass is 769 g/mol. The first-order valence-corrected chi connectivity index (χ1v) is 20.7. The van der Waals surface area contributed by atoms with Gasteiger partial charge in [-0.2, -0.15) is 0 Å². The summed E-state index contributed by atoms with van der Waals surface area (Å²) in [4.78, 5) is 2.39. The van der Waals surface area contributed by atoms with Gasteiger partial charge < -0.3 is 13.7 Å². The molecular weight excluding hydrogens is 731 g/mol. The fourth-order valence-corrected chi connectivity index (χ4v) is 9.60. The van der Waals surface area contributed by atoms with Crippen molar-refractivity contribution in [1.29, 1.82) is 0 Å². The summed E-state index contributed by atoms with van der Waals surface area (Å²) in [6, 6.07) is 72.0. The molecule has 0 atom stereocenters. The van der Waals surface area contributed by atoms with Gasteiger partial charge in [0.25, 0.3) is 0 Å². The fraction of sp³-hybridized carbons (Fsp3) is 0.0526. The Bertz CT molecular complexity index is 3440. The van der Waals surface area contributed by atoms with Crippen molar-refractivity contribution in [3.05, 3.63) is 211 Å². The average molecular weight is 770 g/mol. The van der Waals surface area contributed by atoms with Crippen LogP contribution in [0.4, 0.5) is 17.1 Å². The summed E-state index contributed by atoms with van der Waals surface area (Å²) in [7, 11) is 0. The molecule has 0 amide bonds. The molecule has 0 fully saturated rings. The van der Waals surface area contributed by atoms with E-state index in [0.717, 1.165) is 83.2 Å². The Kier molecular flexibility index (Phi) is 7.58. The smallest absolute Gasteiger partial charge is 0.143 e. The number of hydrogen-bond donors (Lipinski definition) is 0. The second-order valence-corrected chi connectivity index (χ2v) is 16.5. The molecule has 0 saturated carbocycles. The molecule has 1 aliphatic carbocycles. The van der Waals surface area contributed by atoms with Crippen molar-refractivity contribution < 1.29 is 8.83 Å². The van der Waals surface area contributed by atoms with E-state index in [1.807, 2.05) is 24.3 Å². The predicted molar refractivity (Wildman–Crippen MR) is 250 cm³/mol. The molecule has 9 aromatic carbocycles. The summed E-state index contributed by atoms with van der Waals surface area (Å²) in [6.45, 7) is 4.73. The first-order chi connectivity index (χ1) is 29.5. The first kappa shape index (κ1) is 34.4. The van der Waals surface area contributed by atoms with Crippen LogP contribution in [0, 0.1) is 0 Å². The van der Waals surface area contributed by atoms with Gasteiger partial charge in [0.15, 0.2) is 0 Å². The fourth-order valence-electron chi connectivity index (χ4n) is 9.60. The van der Waals surface area contributed by atoms with Gasteiger partial charge in [-0.1, -0.05) is 147 Å². The lowest BCUT2D eigenvalue weighted by Crippen LogP contribution is -2.16. The minimum Gasteiger partial charge on any atom is -0.456 e. The van der Waals surface area contributed by atoms with E-state index in [0.29, 0.717) is 0 Å². The molecule has 0 spiro atoms. The Morgan fingerprint density at radius 2 is 0.850 bits per heavy atom. The van der Waals surface area contributed by atoms with Crippen LogP contribution in [0.3, 0.4) is 0 Å². The standard InChI is InChI=1S/C57H39NO2/c1-57(2)51-34-40(36-11-4-3-5-12-36)23-30-45(51)46-31-29-43(35-52(46)57)58(41-25-19-37(20-26-41)39-24-32-55-50(33-39)48-14-7-8-17-53(48)59-55)42-27-21-38(22-28-42)44-15-10-16-49-47-13-6-9-18-54(47)60-56(44)49/h3-35H,1-2H3. The zero-order valence-electron chi connectivity index (χ0n) is 33.3. The predicted octanol–water partition coefficient (Wildman–Crippen LogP) is 16.3. The van der Waals surface area contributed by atoms with Crippen LogP contribution in [-0.2, 0) is 5.41 Å². The largest absolute Gasteiger partial charge is 0.456 e. The molecule has 0 N–H and O–H groups in total. The van der Waals surface area contributed by atoms with Crippen LogP contribution in [0.1, 0.15) is 25.0 Å². The van der Waals surface area contributed by atoms with E-state index in [1.165, 1.54) is 33.4 Å². The van der Waals surface area contributed by atoms with E-state index in [9.17, 15) is 0 Å². The Hall–Kier alpha value is -7.62. The molecule has 2 aromatic heterocycles. The highest BCUT2D eigenvalue weighted by Gasteiger charge is 2.36. The highest BCUT2D eigenvalue weighted by molar-refractivity contribution is 6.10. The highest BCUT2D eigenvalue weighted by Crippen LogP contribution is 2.52. The van der Waals surface area contributed by atoms with Gasteiger partial charge >= 0.3 is 0 Å². The van der Waals surface area contributed by atoms with Crippen molar-refractivity contribution in [2.75, 3.05) is 4.90 Å². The minimum atomic E-state index is -0.188. The van der Waals surface area contributed by atoms with Gasteiger partial charge in [0.2, 0.25) is 0 Å². The molecule has 284 valence electrons. The number of nitrogens with zero attached hydrogens (tertiary/aromatic N) is 1. The third-order valence-electron chi connectivity index (χ3n) is 12.7. The van der Waals surface area contributed by atoms with Gasteiger partial charge in [0.05, 0.1) is 0 Å². The van der Waals surface area contributed by atoms with Gasteiger partial charge in [0, 0.05) is 49.6 Å². The van der Waals surface area contributed by atoms with Crippen molar-refractivity contribution in [1.82, 2.24) is 0 Å². The lowest BCUT2D eigenvalue weighted by atomic mass is 9.81. The molecule has 0 radical (unpaired) electrons. The van der Waals surface area contributed by atoms with Crippen LogP contribution in [-0.4, -0.2) is 0 Å². The SMILES string of the molecule is CC1(C)c2cc(-c3ccccc3)ccc2-c2ccc(N(c3ccc(-c4ccc5oc6ccccc6c5c4)cc3)c3ccc(-c4cccc5c4oc4ccccc45)cc3)cc21. The molecule has 0 bridgehead atoms. The quantitative estimate of drug-likeness (QED) is 0.169. The van der Waals surface area contributed by atoms with Crippen LogP contribution in [0.15, 0.2) is 209 Å². The normalized spacial score (nSPS) is 13.0. The molecule has 0 unspecified atom stereocenters. The van der Waals surface area contributed by atoms with Crippen LogP contribution >= 0.6 is 0 Å². The van der Waals surface area contributed by atoms with Gasteiger partial charge in [-0.15, -0.1) is 0 Å². The Morgan fingerprint density at radius 1 is 0.333 bits per heavy atom. The van der Waals surface area contributed by atoms with E-state index in [1.54, 1.807) is 0 Å². The van der Waals surface area contributed by atoms with Gasteiger partial charge in [-0.05, 0) is 117 Å². The molecule has 3 nitrogen and oxygen atoms in total. The van der Waals surface area contributed by atoms with Crippen LogP contribution < -0.4 is 4.90 Å². The average Bonchev–Trinajstić information content (AvgIpc) is 3.94. The number of furan rings is 2. The lowest BCUT2D eigenvalue weighted by molar-refractivity contribution is 0.660. The summed E-state index contributed by atoms with van der Waals surface area (Å²) in [5, 5.41) is 4.53. The number of anilines is 3. The summed E-state index contributed by atoms with van der Waals surface area (Å²) in [5.41, 5.74) is 19.0. The Balaban J connectivity index is 0.961. The van der Waals surface area contributed by atoms with Crippen molar-refractivity contribution in [3.8, 4) is 44.5 Å². The van der Waals surface area contributed by atoms with Crippen molar-refractivity contribution in [2.45, 2.75) is 19.3 Å². The van der Waals surface area contributed by atoms with E-state index in [2.05, 4.69) is 195 Å². The lowest BCUT2D eigenvalue weighted by Gasteiger charge is -2.28. The van der Waals surface area contributed by atoms with E-state index in [-0.39, 0.29) is 5.41 Å². The molecular formula is C57H39NO2. The van der Waals surface area contributed by atoms with Crippen LogP contribution in [0.2, 0.25) is 0 Å². The van der Waals surface area contributed by atoms with E-state index >= 15 is 0 Å². The van der Waals surface area contributed by atoms with Gasteiger partial charge in [0.1, 0.15) is 22.3 Å². The molecule has 0 aliphatic heterocycles. The highest BCUT2D eigenvalue weighted by atomic mass is 16.3. The molecule has 3 heteroatoms. The maximum atomic E-state index is 6.45. The Morgan fingerprint density at radius 3 is 1.60 bits per heavy atom. The van der Waals surface area contributed by atoms with E-state index < -0.39 is 0 Å². The first-order valence-electron chi connectivity index (χ1n) is 20.7. The van der Waals surface area contributed by atoms with Crippen molar-refractivity contribution in [2.24, 2.45) is 0 Å². The molecule has 2 heterocycles. The second kappa shape index (κ2) is 13.2. The number of fused-ring (bicyclic) bond motifs is 9.